The number of hydrogen-bond acceptors (Lipinski definition) is 4. The third kappa shape index (κ3) is 3.09. The van der Waals surface area contributed by atoms with E-state index in [1.165, 1.54) is 6.20 Å². The van der Waals surface area contributed by atoms with Crippen molar-refractivity contribution in [2.75, 3.05) is 13.1 Å². The number of nitrogens with zero attached hydrogens (tertiary/aromatic N) is 2. The number of piperidine rings is 1. The molecule has 0 aliphatic carbocycles. The number of rotatable bonds is 5. The van der Waals surface area contributed by atoms with Gasteiger partial charge in [-0.25, -0.2) is 13.1 Å². The maximum absolute atomic E-state index is 12.3. The maximum Gasteiger partial charge on any atom is 0.257 e. The second-order valence-electron chi connectivity index (χ2n) is 4.54. The average molecular weight is 272 g/mol. The van der Waals surface area contributed by atoms with E-state index >= 15 is 0 Å². The molecule has 1 aromatic heterocycles. The monoisotopic (exact) mass is 272 g/mol. The number of nitrogens with one attached hydrogen (secondary N) is 2. The Bertz CT molecular complexity index is 477. The van der Waals surface area contributed by atoms with E-state index in [1.807, 2.05) is 6.92 Å². The van der Waals surface area contributed by atoms with Gasteiger partial charge in [-0.2, -0.15) is 5.10 Å². The zero-order valence-electron chi connectivity index (χ0n) is 10.6. The van der Waals surface area contributed by atoms with Gasteiger partial charge < -0.3 is 5.32 Å². The standard InChI is InChI=1S/C11H20N4O2S/c1-2-9-15-11(5-8-13-15)18(16,17)14-10-3-6-12-7-4-10/h5,8,10,12,14H,2-4,6-7,9H2,1H3. The summed E-state index contributed by atoms with van der Waals surface area (Å²) in [6.07, 6.45) is 4.06. The second-order valence-corrected chi connectivity index (χ2v) is 6.20. The Labute approximate surface area is 108 Å². The van der Waals surface area contributed by atoms with Gasteiger partial charge in [0.05, 0.1) is 6.20 Å². The van der Waals surface area contributed by atoms with Gasteiger partial charge in [0.25, 0.3) is 10.0 Å². The normalized spacial score (nSPS) is 18.1. The highest BCUT2D eigenvalue weighted by Gasteiger charge is 2.24. The van der Waals surface area contributed by atoms with Crippen LogP contribution in [0.1, 0.15) is 26.2 Å². The number of hydrogen-bond donors (Lipinski definition) is 2. The zero-order valence-corrected chi connectivity index (χ0v) is 11.4. The molecule has 0 bridgehead atoms. The first kappa shape index (κ1) is 13.5. The third-order valence-electron chi connectivity index (χ3n) is 3.05. The molecule has 0 saturated carbocycles. The minimum absolute atomic E-state index is 0.0289. The first-order chi connectivity index (χ1) is 8.63. The Morgan fingerprint density at radius 1 is 1.50 bits per heavy atom. The lowest BCUT2D eigenvalue weighted by molar-refractivity contribution is 0.424. The first-order valence-electron chi connectivity index (χ1n) is 6.38. The minimum atomic E-state index is -3.45. The van der Waals surface area contributed by atoms with Gasteiger partial charge in [-0.3, -0.25) is 4.68 Å². The Morgan fingerprint density at radius 3 is 2.89 bits per heavy atom. The summed E-state index contributed by atoms with van der Waals surface area (Å²) in [5.74, 6) is 0. The molecule has 1 fully saturated rings. The lowest BCUT2D eigenvalue weighted by atomic mass is 10.1. The summed E-state index contributed by atoms with van der Waals surface area (Å²) in [6.45, 7) is 4.34. The molecular formula is C11H20N4O2S. The summed E-state index contributed by atoms with van der Waals surface area (Å²) in [4.78, 5) is 0. The van der Waals surface area contributed by atoms with E-state index in [4.69, 9.17) is 0 Å². The minimum Gasteiger partial charge on any atom is -0.317 e. The lowest BCUT2D eigenvalue weighted by Crippen LogP contribution is -2.43. The number of sulfonamides is 1. The summed E-state index contributed by atoms with van der Waals surface area (Å²) in [6, 6.07) is 1.58. The Hall–Kier alpha value is -0.920. The van der Waals surface area contributed by atoms with E-state index in [9.17, 15) is 8.42 Å². The van der Waals surface area contributed by atoms with Crippen molar-refractivity contribution >= 4 is 10.0 Å². The van der Waals surface area contributed by atoms with Crippen LogP contribution in [0.15, 0.2) is 17.3 Å². The molecule has 2 heterocycles. The highest BCUT2D eigenvalue weighted by Crippen LogP contribution is 2.12. The molecule has 7 heteroatoms. The molecule has 18 heavy (non-hydrogen) atoms. The lowest BCUT2D eigenvalue weighted by Gasteiger charge is -2.23. The summed E-state index contributed by atoms with van der Waals surface area (Å²) in [7, 11) is -3.45. The average Bonchev–Trinajstić information content (AvgIpc) is 2.79. The van der Waals surface area contributed by atoms with Gasteiger partial charge in [-0.1, -0.05) is 6.92 Å². The van der Waals surface area contributed by atoms with Crippen molar-refractivity contribution in [1.82, 2.24) is 19.8 Å². The molecule has 1 aliphatic heterocycles. The van der Waals surface area contributed by atoms with Crippen LogP contribution in [0.5, 0.6) is 0 Å². The molecule has 0 unspecified atom stereocenters. The molecule has 1 saturated heterocycles. The second kappa shape index (κ2) is 5.81. The fourth-order valence-electron chi connectivity index (χ4n) is 2.15. The summed E-state index contributed by atoms with van der Waals surface area (Å²) >= 11 is 0. The van der Waals surface area contributed by atoms with Crippen LogP contribution in [0, 0.1) is 0 Å². The van der Waals surface area contributed by atoms with E-state index in [-0.39, 0.29) is 11.1 Å². The Morgan fingerprint density at radius 2 is 2.22 bits per heavy atom. The molecule has 0 atom stereocenters. The predicted molar refractivity (Wildman–Crippen MR) is 68.7 cm³/mol. The first-order valence-corrected chi connectivity index (χ1v) is 7.86. The number of aryl methyl sites for hydroxylation is 1. The molecule has 0 spiro atoms. The highest BCUT2D eigenvalue weighted by atomic mass is 32.2. The highest BCUT2D eigenvalue weighted by molar-refractivity contribution is 7.89. The topological polar surface area (TPSA) is 76.0 Å². The summed E-state index contributed by atoms with van der Waals surface area (Å²) in [5.41, 5.74) is 0. The van der Waals surface area contributed by atoms with Crippen molar-refractivity contribution in [3.63, 3.8) is 0 Å². The van der Waals surface area contributed by atoms with Gasteiger partial charge in [-0.15, -0.1) is 0 Å². The van der Waals surface area contributed by atoms with Gasteiger partial charge in [0.15, 0.2) is 5.03 Å². The zero-order chi connectivity index (χ0) is 13.0. The molecule has 6 nitrogen and oxygen atoms in total. The van der Waals surface area contributed by atoms with E-state index < -0.39 is 10.0 Å². The van der Waals surface area contributed by atoms with Crippen molar-refractivity contribution < 1.29 is 8.42 Å². The SMILES string of the molecule is CCCn1nccc1S(=O)(=O)NC1CCNCC1. The largest absolute Gasteiger partial charge is 0.317 e. The summed E-state index contributed by atoms with van der Waals surface area (Å²) < 4.78 is 28.8. The van der Waals surface area contributed by atoms with Gasteiger partial charge >= 0.3 is 0 Å². The van der Waals surface area contributed by atoms with Crippen LogP contribution in [0.25, 0.3) is 0 Å². The molecule has 2 rings (SSSR count). The van der Waals surface area contributed by atoms with Crippen LogP contribution in [0.2, 0.25) is 0 Å². The van der Waals surface area contributed by atoms with Gasteiger partial charge in [0, 0.05) is 12.6 Å². The van der Waals surface area contributed by atoms with E-state index in [2.05, 4.69) is 15.1 Å². The van der Waals surface area contributed by atoms with Crippen LogP contribution in [-0.2, 0) is 16.6 Å². The molecule has 102 valence electrons. The van der Waals surface area contributed by atoms with Crippen molar-refractivity contribution in [3.05, 3.63) is 12.3 Å². The van der Waals surface area contributed by atoms with Crippen LogP contribution < -0.4 is 10.0 Å². The van der Waals surface area contributed by atoms with Crippen molar-refractivity contribution in [2.45, 2.75) is 43.8 Å². The van der Waals surface area contributed by atoms with Crippen molar-refractivity contribution in [1.29, 1.82) is 0 Å². The van der Waals surface area contributed by atoms with Gasteiger partial charge in [-0.05, 0) is 38.4 Å². The fraction of sp³-hybridized carbons (Fsp3) is 0.727. The molecule has 0 aromatic carbocycles. The third-order valence-corrected chi connectivity index (χ3v) is 4.59. The van der Waals surface area contributed by atoms with Gasteiger partial charge in [0.1, 0.15) is 0 Å². The molecule has 1 aliphatic rings. The quantitative estimate of drug-likeness (QED) is 0.809. The maximum atomic E-state index is 12.3. The Balaban J connectivity index is 2.11. The van der Waals surface area contributed by atoms with Crippen molar-refractivity contribution in [3.8, 4) is 0 Å². The smallest absolute Gasteiger partial charge is 0.257 e. The van der Waals surface area contributed by atoms with E-state index in [0.717, 1.165) is 32.4 Å². The number of aromatic nitrogens is 2. The Kier molecular flexibility index (Phi) is 4.36. The van der Waals surface area contributed by atoms with Gasteiger partial charge in [0.2, 0.25) is 0 Å². The predicted octanol–water partition coefficient (Wildman–Crippen LogP) is 0.323. The molecule has 0 amide bonds. The van der Waals surface area contributed by atoms with Crippen LogP contribution in [0.3, 0.4) is 0 Å². The molecular weight excluding hydrogens is 252 g/mol. The fourth-order valence-corrected chi connectivity index (χ4v) is 3.60. The van der Waals surface area contributed by atoms with Crippen molar-refractivity contribution in [2.24, 2.45) is 0 Å². The van der Waals surface area contributed by atoms with E-state index in [1.54, 1.807) is 10.7 Å². The van der Waals surface area contributed by atoms with Crippen LogP contribution in [0.4, 0.5) is 0 Å². The van der Waals surface area contributed by atoms with Crippen LogP contribution >= 0.6 is 0 Å². The molecule has 0 radical (unpaired) electrons. The van der Waals surface area contributed by atoms with E-state index in [0.29, 0.717) is 6.54 Å². The summed E-state index contributed by atoms with van der Waals surface area (Å²) in [5, 5.41) is 7.53. The molecule has 2 N–H and O–H groups in total. The molecule has 1 aromatic rings. The van der Waals surface area contributed by atoms with Crippen LogP contribution in [-0.4, -0.2) is 37.3 Å².